The Morgan fingerprint density at radius 3 is 2.44 bits per heavy atom. The van der Waals surface area contributed by atoms with Gasteiger partial charge >= 0.3 is 0 Å². The van der Waals surface area contributed by atoms with Gasteiger partial charge in [-0.2, -0.15) is 0 Å². The first-order chi connectivity index (χ1) is 17.2. The Kier molecular flexibility index (Phi) is 7.34. The predicted octanol–water partition coefficient (Wildman–Crippen LogP) is 3.67. The summed E-state index contributed by atoms with van der Waals surface area (Å²) in [6, 6.07) is 5.28. The van der Waals surface area contributed by atoms with Crippen molar-refractivity contribution >= 4 is 34.8 Å². The van der Waals surface area contributed by atoms with Crippen molar-refractivity contribution in [1.82, 2.24) is 9.97 Å². The number of rotatable bonds is 7. The fourth-order valence-electron chi connectivity index (χ4n) is 3.98. The number of benzene rings is 1. The summed E-state index contributed by atoms with van der Waals surface area (Å²) in [5.74, 6) is -5.14. The Hall–Kier alpha value is -4.19. The number of pyridine rings is 2. The van der Waals surface area contributed by atoms with E-state index in [1.807, 2.05) is 0 Å². The number of nitrogens with two attached hydrogens (primary N) is 2. The number of hydrogen-bond donors (Lipinski definition) is 5. The van der Waals surface area contributed by atoms with Crippen molar-refractivity contribution < 1.29 is 22.8 Å². The number of hydrogen-bond acceptors (Lipinski definition) is 7. The molecule has 1 aromatic carbocycles. The molecule has 1 unspecified atom stereocenters. The minimum absolute atomic E-state index is 0.0442. The molecule has 1 aliphatic carbocycles. The van der Waals surface area contributed by atoms with Crippen molar-refractivity contribution in [2.24, 2.45) is 11.5 Å². The fraction of sp³-hybridized carbons (Fsp3) is 0.250. The summed E-state index contributed by atoms with van der Waals surface area (Å²) in [5.41, 5.74) is 11.3. The molecule has 12 heteroatoms. The van der Waals surface area contributed by atoms with Crippen molar-refractivity contribution in [2.75, 3.05) is 16.0 Å². The van der Waals surface area contributed by atoms with E-state index in [0.717, 1.165) is 43.9 Å². The zero-order valence-electron chi connectivity index (χ0n) is 19.0. The van der Waals surface area contributed by atoms with E-state index in [-0.39, 0.29) is 40.7 Å². The van der Waals surface area contributed by atoms with E-state index < -0.39 is 34.8 Å². The molecule has 7 N–H and O–H groups in total. The smallest absolute Gasteiger partial charge is 0.258 e. The molecule has 0 spiro atoms. The molecule has 3 aromatic rings. The van der Waals surface area contributed by atoms with Gasteiger partial charge in [0.2, 0.25) is 0 Å². The van der Waals surface area contributed by atoms with Gasteiger partial charge in [0.25, 0.3) is 11.8 Å². The summed E-state index contributed by atoms with van der Waals surface area (Å²) in [7, 11) is 0. The second-order valence-corrected chi connectivity index (χ2v) is 8.42. The normalized spacial score (nSPS) is 17.3. The molecule has 0 radical (unpaired) electrons. The number of anilines is 4. The lowest BCUT2D eigenvalue weighted by molar-refractivity contribution is 0.0997. The van der Waals surface area contributed by atoms with Crippen molar-refractivity contribution in [2.45, 2.75) is 37.8 Å². The Morgan fingerprint density at radius 1 is 0.944 bits per heavy atom. The van der Waals surface area contributed by atoms with Crippen LogP contribution >= 0.6 is 0 Å². The Labute approximate surface area is 204 Å². The lowest BCUT2D eigenvalue weighted by Crippen LogP contribution is -2.43. The molecule has 188 valence electrons. The Morgan fingerprint density at radius 2 is 1.69 bits per heavy atom. The molecule has 1 saturated carbocycles. The van der Waals surface area contributed by atoms with Gasteiger partial charge in [-0.25, -0.2) is 18.2 Å². The average molecular weight is 499 g/mol. The quantitative estimate of drug-likeness (QED) is 0.333. The number of aromatic nitrogens is 2. The highest BCUT2D eigenvalue weighted by Gasteiger charge is 2.24. The van der Waals surface area contributed by atoms with Gasteiger partial charge in [0, 0.05) is 12.1 Å². The highest BCUT2D eigenvalue weighted by molar-refractivity contribution is 6.04. The number of primary amides is 1. The molecular weight excluding hydrogens is 475 g/mol. The van der Waals surface area contributed by atoms with Crippen LogP contribution in [-0.2, 0) is 0 Å². The summed E-state index contributed by atoms with van der Waals surface area (Å²) in [6.45, 7) is 0. The molecule has 2 amide bonds. The summed E-state index contributed by atoms with van der Waals surface area (Å²) >= 11 is 0. The van der Waals surface area contributed by atoms with Gasteiger partial charge in [0.15, 0.2) is 23.3 Å². The molecule has 1 aliphatic rings. The summed E-state index contributed by atoms with van der Waals surface area (Å²) in [4.78, 5) is 32.5. The lowest BCUT2D eigenvalue weighted by atomic mass is 9.91. The van der Waals surface area contributed by atoms with E-state index in [0.29, 0.717) is 0 Å². The maximum absolute atomic E-state index is 14.7. The van der Waals surface area contributed by atoms with Crippen LogP contribution < -0.4 is 27.4 Å². The number of halogens is 3. The molecule has 2 atom stereocenters. The highest BCUT2D eigenvalue weighted by Crippen LogP contribution is 2.27. The first kappa shape index (κ1) is 24.9. The number of amides is 2. The molecule has 4 rings (SSSR count). The molecule has 9 nitrogen and oxygen atoms in total. The molecule has 2 heterocycles. The third-order valence-corrected chi connectivity index (χ3v) is 5.84. The fourth-order valence-corrected chi connectivity index (χ4v) is 3.98. The van der Waals surface area contributed by atoms with Crippen LogP contribution in [0, 0.1) is 17.5 Å². The van der Waals surface area contributed by atoms with Gasteiger partial charge < -0.3 is 27.4 Å². The lowest BCUT2D eigenvalue weighted by Gasteiger charge is -2.30. The molecular formula is C24H24F3N7O2. The molecule has 0 saturated heterocycles. The molecule has 2 aromatic heterocycles. The van der Waals surface area contributed by atoms with Gasteiger partial charge in [-0.1, -0.05) is 18.9 Å². The largest absolute Gasteiger partial charge is 0.365 e. The van der Waals surface area contributed by atoms with Crippen LogP contribution in [0.3, 0.4) is 0 Å². The Balaban J connectivity index is 1.57. The molecule has 36 heavy (non-hydrogen) atoms. The number of nitrogens with one attached hydrogen (secondary N) is 3. The molecule has 1 fully saturated rings. The van der Waals surface area contributed by atoms with Gasteiger partial charge in [-0.3, -0.25) is 14.6 Å². The van der Waals surface area contributed by atoms with Crippen LogP contribution in [0.5, 0.6) is 0 Å². The Bertz CT molecular complexity index is 1300. The van der Waals surface area contributed by atoms with E-state index in [2.05, 4.69) is 25.9 Å². The van der Waals surface area contributed by atoms with Gasteiger partial charge in [0.05, 0.1) is 34.9 Å². The maximum Gasteiger partial charge on any atom is 0.258 e. The van der Waals surface area contributed by atoms with Gasteiger partial charge in [-0.05, 0) is 37.1 Å². The van der Waals surface area contributed by atoms with E-state index in [1.54, 1.807) is 0 Å². The van der Waals surface area contributed by atoms with E-state index in [4.69, 9.17) is 11.5 Å². The number of carbonyl (C=O) groups excluding carboxylic acids is 2. The van der Waals surface area contributed by atoms with Crippen molar-refractivity contribution in [3.63, 3.8) is 0 Å². The first-order valence-electron chi connectivity index (χ1n) is 11.2. The standard InChI is InChI=1S/C24H24F3N7O2/c25-16-5-3-4-14(20(16)27)24(36)32-13-8-12(10-30-11-13)31-22-15(21(29)35)9-17(26)23(34-22)33-19-7-2-1-6-18(19)28/h3-5,8-11,18-19H,1-2,6-7,28H2,(H2,29,35)(H,32,36)(H2,31,33,34)/t18-,19?/m0/s1. The predicted molar refractivity (Wildman–Crippen MR) is 128 cm³/mol. The van der Waals surface area contributed by atoms with Crippen molar-refractivity contribution in [3.8, 4) is 0 Å². The zero-order chi connectivity index (χ0) is 25.8. The van der Waals surface area contributed by atoms with Crippen LogP contribution in [0.15, 0.2) is 42.7 Å². The van der Waals surface area contributed by atoms with Crippen LogP contribution in [0.2, 0.25) is 0 Å². The zero-order valence-corrected chi connectivity index (χ0v) is 19.0. The minimum Gasteiger partial charge on any atom is -0.365 e. The molecule has 0 bridgehead atoms. The second kappa shape index (κ2) is 10.6. The van der Waals surface area contributed by atoms with Crippen molar-refractivity contribution in [1.29, 1.82) is 0 Å². The third-order valence-electron chi connectivity index (χ3n) is 5.84. The summed E-state index contributed by atoms with van der Waals surface area (Å²) in [6.07, 6.45) is 6.13. The summed E-state index contributed by atoms with van der Waals surface area (Å²) < 4.78 is 42.1. The van der Waals surface area contributed by atoms with Crippen molar-refractivity contribution in [3.05, 3.63) is 71.3 Å². The summed E-state index contributed by atoms with van der Waals surface area (Å²) in [5, 5.41) is 8.28. The monoisotopic (exact) mass is 499 g/mol. The minimum atomic E-state index is -1.28. The highest BCUT2D eigenvalue weighted by atomic mass is 19.2. The van der Waals surface area contributed by atoms with Crippen LogP contribution in [-0.4, -0.2) is 33.9 Å². The third kappa shape index (κ3) is 5.54. The van der Waals surface area contributed by atoms with Gasteiger partial charge in [-0.15, -0.1) is 0 Å². The van der Waals surface area contributed by atoms with Crippen LogP contribution in [0.4, 0.5) is 36.2 Å². The van der Waals surface area contributed by atoms with Crippen LogP contribution in [0.1, 0.15) is 46.4 Å². The van der Waals surface area contributed by atoms with E-state index in [1.165, 1.54) is 24.5 Å². The van der Waals surface area contributed by atoms with E-state index in [9.17, 15) is 22.8 Å². The second-order valence-electron chi connectivity index (χ2n) is 8.42. The number of nitrogens with zero attached hydrogens (tertiary/aromatic N) is 2. The van der Waals surface area contributed by atoms with E-state index >= 15 is 0 Å². The topological polar surface area (TPSA) is 148 Å². The first-order valence-corrected chi connectivity index (χ1v) is 11.2. The molecule has 0 aliphatic heterocycles. The maximum atomic E-state index is 14.7. The van der Waals surface area contributed by atoms with Gasteiger partial charge in [0.1, 0.15) is 5.82 Å². The average Bonchev–Trinajstić information content (AvgIpc) is 2.84. The number of carbonyl (C=O) groups is 2. The van der Waals surface area contributed by atoms with Crippen LogP contribution in [0.25, 0.3) is 0 Å². The SMILES string of the molecule is NC(=O)c1cc(F)c(NC2CCCC[C@@H]2N)nc1Nc1cncc(NC(=O)c2cccc(F)c2F)c1.